The summed E-state index contributed by atoms with van der Waals surface area (Å²) in [6.45, 7) is 3.14. The summed E-state index contributed by atoms with van der Waals surface area (Å²) in [6.07, 6.45) is 3.03. The summed E-state index contributed by atoms with van der Waals surface area (Å²) in [4.78, 5) is 25.1. The number of furan rings is 1. The van der Waals surface area contributed by atoms with Crippen LogP contribution in [0.5, 0.6) is 0 Å². The molecule has 0 spiro atoms. The highest BCUT2D eigenvalue weighted by Gasteiger charge is 2.20. The fourth-order valence-corrected chi connectivity index (χ4v) is 2.33. The van der Waals surface area contributed by atoms with Crippen molar-refractivity contribution in [2.24, 2.45) is 0 Å². The number of hydrogen-bond donors (Lipinski definition) is 2. The molecule has 6 nitrogen and oxygen atoms in total. The Labute approximate surface area is 133 Å². The molecule has 3 rings (SSSR count). The van der Waals surface area contributed by atoms with Gasteiger partial charge in [0.2, 0.25) is 5.91 Å². The second kappa shape index (κ2) is 6.39. The molecule has 118 valence electrons. The lowest BCUT2D eigenvalue weighted by Gasteiger charge is -2.14. The minimum absolute atomic E-state index is 0.0986. The monoisotopic (exact) mass is 311 g/mol. The summed E-state index contributed by atoms with van der Waals surface area (Å²) in [5, 5.41) is 5.51. The van der Waals surface area contributed by atoms with Gasteiger partial charge in [-0.25, -0.2) is 4.79 Å². The van der Waals surface area contributed by atoms with E-state index in [1.165, 1.54) is 6.08 Å². The number of amides is 3. The molecule has 1 aromatic carbocycles. The van der Waals surface area contributed by atoms with Gasteiger partial charge < -0.3 is 15.1 Å². The number of nitrogens with zero attached hydrogens (tertiary/aromatic N) is 1. The van der Waals surface area contributed by atoms with E-state index in [9.17, 15) is 9.59 Å². The third-order valence-corrected chi connectivity index (χ3v) is 3.46. The first-order valence-electron chi connectivity index (χ1n) is 7.33. The van der Waals surface area contributed by atoms with Gasteiger partial charge in [0.15, 0.2) is 0 Å². The zero-order valence-corrected chi connectivity index (χ0v) is 12.7. The Kier molecular flexibility index (Phi) is 4.14. The van der Waals surface area contributed by atoms with E-state index in [1.54, 1.807) is 41.3 Å². The Morgan fingerprint density at radius 3 is 2.65 bits per heavy atom. The maximum Gasteiger partial charge on any atom is 0.321 e. The molecule has 2 heterocycles. The Morgan fingerprint density at radius 1 is 1.26 bits per heavy atom. The molecule has 0 bridgehead atoms. The van der Waals surface area contributed by atoms with Gasteiger partial charge in [-0.15, -0.1) is 0 Å². The van der Waals surface area contributed by atoms with Gasteiger partial charge >= 0.3 is 6.03 Å². The highest BCUT2D eigenvalue weighted by atomic mass is 16.3. The minimum Gasteiger partial charge on any atom is -0.462 e. The van der Waals surface area contributed by atoms with Crippen LogP contribution in [0.2, 0.25) is 0 Å². The molecule has 1 saturated heterocycles. The third-order valence-electron chi connectivity index (χ3n) is 3.46. The van der Waals surface area contributed by atoms with E-state index in [-0.39, 0.29) is 11.9 Å². The quantitative estimate of drug-likeness (QED) is 0.853. The number of rotatable bonds is 4. The van der Waals surface area contributed by atoms with Crippen LogP contribution in [0.4, 0.5) is 16.2 Å². The van der Waals surface area contributed by atoms with E-state index >= 15 is 0 Å². The van der Waals surface area contributed by atoms with Crippen molar-refractivity contribution >= 4 is 29.4 Å². The average molecular weight is 311 g/mol. The summed E-state index contributed by atoms with van der Waals surface area (Å²) in [5.41, 5.74) is 1.47. The zero-order chi connectivity index (χ0) is 16.2. The van der Waals surface area contributed by atoms with Crippen molar-refractivity contribution in [3.05, 3.63) is 54.0 Å². The molecule has 0 radical (unpaired) electrons. The van der Waals surface area contributed by atoms with Gasteiger partial charge in [0, 0.05) is 30.5 Å². The normalized spacial score (nSPS) is 14.3. The second-order valence-corrected chi connectivity index (χ2v) is 5.20. The smallest absolute Gasteiger partial charge is 0.321 e. The Hall–Kier alpha value is -3.02. The summed E-state index contributed by atoms with van der Waals surface area (Å²) in [5.74, 6) is 1.19. The van der Waals surface area contributed by atoms with Gasteiger partial charge in [-0.2, -0.15) is 0 Å². The van der Waals surface area contributed by atoms with Crippen LogP contribution in [-0.2, 0) is 4.79 Å². The first-order chi connectivity index (χ1) is 11.1. The van der Waals surface area contributed by atoms with Crippen molar-refractivity contribution < 1.29 is 14.0 Å². The van der Waals surface area contributed by atoms with E-state index in [4.69, 9.17) is 4.42 Å². The number of aryl methyl sites for hydroxylation is 1. The van der Waals surface area contributed by atoms with Gasteiger partial charge in [0.25, 0.3) is 0 Å². The number of nitrogens with one attached hydrogen (secondary N) is 2. The topological polar surface area (TPSA) is 74.6 Å². The number of benzene rings is 1. The van der Waals surface area contributed by atoms with Gasteiger partial charge in [-0.1, -0.05) is 0 Å². The van der Waals surface area contributed by atoms with Crippen molar-refractivity contribution in [3.8, 4) is 0 Å². The highest BCUT2D eigenvalue weighted by molar-refractivity contribution is 6.02. The highest BCUT2D eigenvalue weighted by Crippen LogP contribution is 2.19. The molecule has 0 unspecified atom stereocenters. The van der Waals surface area contributed by atoms with Crippen LogP contribution in [0.1, 0.15) is 11.5 Å². The van der Waals surface area contributed by atoms with Crippen molar-refractivity contribution in [1.29, 1.82) is 0 Å². The number of hydrogen-bond acceptors (Lipinski definition) is 3. The molecule has 23 heavy (non-hydrogen) atoms. The first kappa shape index (κ1) is 14.9. The van der Waals surface area contributed by atoms with Crippen LogP contribution >= 0.6 is 0 Å². The van der Waals surface area contributed by atoms with E-state index in [2.05, 4.69) is 10.6 Å². The second-order valence-electron chi connectivity index (χ2n) is 5.20. The molecule has 1 aromatic heterocycles. The maximum absolute atomic E-state index is 11.9. The van der Waals surface area contributed by atoms with Crippen LogP contribution in [0.15, 0.2) is 46.9 Å². The minimum atomic E-state index is -0.245. The first-order valence-corrected chi connectivity index (χ1v) is 7.33. The molecule has 2 N–H and O–H groups in total. The lowest BCUT2D eigenvalue weighted by atomic mass is 10.2. The Morgan fingerprint density at radius 2 is 2.04 bits per heavy atom. The van der Waals surface area contributed by atoms with Crippen molar-refractivity contribution in [1.82, 2.24) is 5.32 Å². The molecule has 1 aliphatic rings. The fraction of sp³-hybridized carbons (Fsp3) is 0.176. The van der Waals surface area contributed by atoms with Crippen LogP contribution in [0.25, 0.3) is 6.08 Å². The van der Waals surface area contributed by atoms with Gasteiger partial charge in [0.05, 0.1) is 0 Å². The maximum atomic E-state index is 11.9. The standard InChI is InChI=1S/C17H17N3O3/c1-12-2-7-15(23-12)8-9-16(21)19-13-3-5-14(6-4-13)20-11-10-18-17(20)22/h2-9H,10-11H2,1H3,(H,18,22)(H,19,21)/b9-8+. The van der Waals surface area contributed by atoms with Crippen molar-refractivity contribution in [2.75, 3.05) is 23.3 Å². The number of carbonyl (C=O) groups is 2. The zero-order valence-electron chi connectivity index (χ0n) is 12.7. The van der Waals surface area contributed by atoms with Crippen LogP contribution in [-0.4, -0.2) is 25.0 Å². The molecular weight excluding hydrogens is 294 g/mol. The molecule has 1 aliphatic heterocycles. The molecule has 1 fully saturated rings. The SMILES string of the molecule is Cc1ccc(/C=C/C(=O)Nc2ccc(N3CCNC3=O)cc2)o1. The molecule has 6 heteroatoms. The van der Waals surface area contributed by atoms with E-state index in [1.807, 2.05) is 13.0 Å². The largest absolute Gasteiger partial charge is 0.462 e. The van der Waals surface area contributed by atoms with Gasteiger partial charge in [-0.3, -0.25) is 9.69 Å². The molecular formula is C17H17N3O3. The average Bonchev–Trinajstić information content (AvgIpc) is 3.14. The lowest BCUT2D eigenvalue weighted by Crippen LogP contribution is -2.27. The Balaban J connectivity index is 1.60. The molecule has 0 aliphatic carbocycles. The van der Waals surface area contributed by atoms with Crippen LogP contribution in [0.3, 0.4) is 0 Å². The lowest BCUT2D eigenvalue weighted by molar-refractivity contribution is -0.111. The number of carbonyl (C=O) groups excluding carboxylic acids is 2. The van der Waals surface area contributed by atoms with Crippen molar-refractivity contribution in [3.63, 3.8) is 0 Å². The van der Waals surface area contributed by atoms with Gasteiger partial charge in [-0.05, 0) is 49.4 Å². The summed E-state index contributed by atoms with van der Waals surface area (Å²) < 4.78 is 5.36. The predicted molar refractivity (Wildman–Crippen MR) is 88.3 cm³/mol. The number of anilines is 2. The van der Waals surface area contributed by atoms with E-state index < -0.39 is 0 Å². The van der Waals surface area contributed by atoms with Gasteiger partial charge in [0.1, 0.15) is 11.5 Å². The molecule has 3 amide bonds. The predicted octanol–water partition coefficient (Wildman–Crippen LogP) is 2.77. The van der Waals surface area contributed by atoms with Crippen LogP contribution < -0.4 is 15.5 Å². The third kappa shape index (κ3) is 3.60. The van der Waals surface area contributed by atoms with Crippen molar-refractivity contribution in [2.45, 2.75) is 6.92 Å². The van der Waals surface area contributed by atoms with E-state index in [0.29, 0.717) is 24.5 Å². The summed E-state index contributed by atoms with van der Waals surface area (Å²) in [7, 11) is 0. The fourth-order valence-electron chi connectivity index (χ4n) is 2.33. The Bertz CT molecular complexity index is 747. The summed E-state index contributed by atoms with van der Waals surface area (Å²) in [6, 6.07) is 10.7. The molecule has 0 atom stereocenters. The molecule has 0 saturated carbocycles. The number of urea groups is 1. The van der Waals surface area contributed by atoms with Crippen LogP contribution in [0, 0.1) is 6.92 Å². The summed E-state index contributed by atoms with van der Waals surface area (Å²) >= 11 is 0. The molecule has 2 aromatic rings. The van der Waals surface area contributed by atoms with E-state index in [0.717, 1.165) is 11.4 Å².